The van der Waals surface area contributed by atoms with Gasteiger partial charge in [0.1, 0.15) is 5.82 Å². The van der Waals surface area contributed by atoms with E-state index in [9.17, 15) is 9.59 Å². The Balaban J connectivity index is 2.18. The summed E-state index contributed by atoms with van der Waals surface area (Å²) < 4.78 is 1.22. The van der Waals surface area contributed by atoms with Crippen LogP contribution >= 0.6 is 0 Å². The van der Waals surface area contributed by atoms with E-state index in [4.69, 9.17) is 5.73 Å². The zero-order chi connectivity index (χ0) is 18.2. The van der Waals surface area contributed by atoms with Gasteiger partial charge in [0.05, 0.1) is 16.5 Å². The van der Waals surface area contributed by atoms with Gasteiger partial charge in [-0.25, -0.2) is 9.66 Å². The second-order valence-corrected chi connectivity index (χ2v) is 6.87. The monoisotopic (exact) mass is 336 g/mol. The fourth-order valence-electron chi connectivity index (χ4n) is 2.61. The zero-order valence-corrected chi connectivity index (χ0v) is 14.4. The third-order valence-corrected chi connectivity index (χ3v) is 3.87. The van der Waals surface area contributed by atoms with Gasteiger partial charge in [-0.3, -0.25) is 15.0 Å². The molecule has 1 heterocycles. The van der Waals surface area contributed by atoms with Crippen molar-refractivity contribution in [2.24, 2.45) is 0 Å². The number of nitrogen functional groups attached to an aromatic ring is 1. The Labute approximate surface area is 145 Å². The summed E-state index contributed by atoms with van der Waals surface area (Å²) in [6.07, 6.45) is 0. The zero-order valence-electron chi connectivity index (χ0n) is 14.4. The molecule has 0 fully saturated rings. The Kier molecular flexibility index (Phi) is 4.04. The van der Waals surface area contributed by atoms with Crippen molar-refractivity contribution in [2.45, 2.75) is 26.2 Å². The maximum atomic E-state index is 12.9. The van der Waals surface area contributed by atoms with Gasteiger partial charge in [0, 0.05) is 11.1 Å². The Bertz CT molecular complexity index is 1020. The molecule has 0 spiro atoms. The lowest BCUT2D eigenvalue weighted by Gasteiger charge is -2.23. The third-order valence-electron chi connectivity index (χ3n) is 3.87. The van der Waals surface area contributed by atoms with Gasteiger partial charge in [0.15, 0.2) is 0 Å². The highest BCUT2D eigenvalue weighted by Crippen LogP contribution is 2.21. The average Bonchev–Trinajstić information content (AvgIpc) is 2.56. The van der Waals surface area contributed by atoms with E-state index in [1.807, 2.05) is 26.8 Å². The molecule has 0 saturated carbocycles. The van der Waals surface area contributed by atoms with Crippen LogP contribution in [0.15, 0.2) is 53.3 Å². The second kappa shape index (κ2) is 6.05. The maximum Gasteiger partial charge on any atom is 0.280 e. The number of nitrogens with zero attached hydrogens (tertiary/aromatic N) is 2. The normalized spacial score (nSPS) is 11.5. The van der Waals surface area contributed by atoms with Crippen LogP contribution < -0.4 is 16.7 Å². The third kappa shape index (κ3) is 3.10. The summed E-state index contributed by atoms with van der Waals surface area (Å²) in [4.78, 5) is 30.1. The number of nitrogens with one attached hydrogen (secondary N) is 1. The molecule has 3 N–H and O–H groups in total. The number of nitrogens with two attached hydrogens (primary N) is 1. The molecule has 0 aliphatic heterocycles. The lowest BCUT2D eigenvalue weighted by molar-refractivity contribution is 0.101. The molecule has 0 aliphatic carbocycles. The Hall–Kier alpha value is -3.15. The average molecular weight is 336 g/mol. The van der Waals surface area contributed by atoms with Crippen molar-refractivity contribution in [3.8, 4) is 0 Å². The minimum atomic E-state index is -0.456. The number of carbonyl (C=O) groups excluding carboxylic acids is 1. The van der Waals surface area contributed by atoms with Crippen molar-refractivity contribution in [1.29, 1.82) is 0 Å². The standard InChI is InChI=1S/C19H20N4O2/c1-19(2,3)18-21-15-11-7-5-9-13(15)17(25)23(18)22-16(24)12-8-4-6-10-14(12)20/h4-11H,20H2,1-3H3,(H,22,24). The summed E-state index contributed by atoms with van der Waals surface area (Å²) in [7, 11) is 0. The molecule has 0 atom stereocenters. The second-order valence-electron chi connectivity index (χ2n) is 6.87. The largest absolute Gasteiger partial charge is 0.398 e. The number of aromatic nitrogens is 2. The first-order chi connectivity index (χ1) is 11.8. The SMILES string of the molecule is CC(C)(C)c1nc2ccccc2c(=O)n1NC(=O)c1ccccc1N. The first-order valence-electron chi connectivity index (χ1n) is 7.97. The first-order valence-corrected chi connectivity index (χ1v) is 7.97. The molecule has 1 amide bonds. The Morgan fingerprint density at radius 3 is 2.40 bits per heavy atom. The van der Waals surface area contributed by atoms with Crippen LogP contribution in [0.2, 0.25) is 0 Å². The van der Waals surface area contributed by atoms with Gasteiger partial charge in [-0.05, 0) is 24.3 Å². The van der Waals surface area contributed by atoms with Gasteiger partial charge >= 0.3 is 0 Å². The van der Waals surface area contributed by atoms with Crippen molar-refractivity contribution in [2.75, 3.05) is 11.2 Å². The molecule has 1 aromatic heterocycles. The molecule has 128 valence electrons. The van der Waals surface area contributed by atoms with Crippen LogP contribution in [0.1, 0.15) is 37.0 Å². The molecule has 3 aromatic rings. The number of rotatable bonds is 2. The summed E-state index contributed by atoms with van der Waals surface area (Å²) in [5.74, 6) is 0.0156. The molecular formula is C19H20N4O2. The summed E-state index contributed by atoms with van der Waals surface area (Å²) >= 11 is 0. The molecule has 3 rings (SSSR count). The molecule has 0 aliphatic rings. The van der Waals surface area contributed by atoms with Crippen LogP contribution in [0, 0.1) is 0 Å². The number of hydrogen-bond acceptors (Lipinski definition) is 4. The van der Waals surface area contributed by atoms with E-state index >= 15 is 0 Å². The summed E-state index contributed by atoms with van der Waals surface area (Å²) in [6.45, 7) is 5.80. The minimum Gasteiger partial charge on any atom is -0.398 e. The van der Waals surface area contributed by atoms with Crippen LogP contribution in [-0.4, -0.2) is 15.6 Å². The van der Waals surface area contributed by atoms with E-state index < -0.39 is 11.3 Å². The van der Waals surface area contributed by atoms with Gasteiger partial charge in [-0.15, -0.1) is 0 Å². The van der Waals surface area contributed by atoms with Crippen LogP contribution in [0.25, 0.3) is 10.9 Å². The molecule has 2 aromatic carbocycles. The minimum absolute atomic E-state index is 0.308. The Morgan fingerprint density at radius 2 is 1.72 bits per heavy atom. The molecule has 6 heteroatoms. The van der Waals surface area contributed by atoms with Crippen molar-refractivity contribution in [3.63, 3.8) is 0 Å². The fourth-order valence-corrected chi connectivity index (χ4v) is 2.61. The van der Waals surface area contributed by atoms with Gasteiger partial charge in [-0.1, -0.05) is 45.0 Å². The highest BCUT2D eigenvalue weighted by molar-refractivity contribution is 6.04. The van der Waals surface area contributed by atoms with E-state index in [2.05, 4.69) is 10.4 Å². The number of para-hydroxylation sites is 2. The highest BCUT2D eigenvalue weighted by atomic mass is 16.2. The maximum absolute atomic E-state index is 12.9. The topological polar surface area (TPSA) is 90.0 Å². The van der Waals surface area contributed by atoms with Gasteiger partial charge in [0.2, 0.25) is 0 Å². The van der Waals surface area contributed by atoms with Crippen LogP contribution in [0.5, 0.6) is 0 Å². The van der Waals surface area contributed by atoms with Crippen LogP contribution in [0.4, 0.5) is 5.69 Å². The number of fused-ring (bicyclic) bond motifs is 1. The van der Waals surface area contributed by atoms with E-state index in [1.54, 1.807) is 42.5 Å². The van der Waals surface area contributed by atoms with Crippen molar-refractivity contribution in [1.82, 2.24) is 9.66 Å². The Morgan fingerprint density at radius 1 is 1.08 bits per heavy atom. The van der Waals surface area contributed by atoms with Crippen molar-refractivity contribution >= 4 is 22.5 Å². The summed E-state index contributed by atoms with van der Waals surface area (Å²) in [6, 6.07) is 13.8. The number of hydrogen-bond donors (Lipinski definition) is 2. The number of benzene rings is 2. The lowest BCUT2D eigenvalue weighted by Crippen LogP contribution is -2.40. The summed E-state index contributed by atoms with van der Waals surface area (Å²) in [5.41, 5.74) is 9.01. The summed E-state index contributed by atoms with van der Waals surface area (Å²) in [5, 5.41) is 0.442. The van der Waals surface area contributed by atoms with Crippen LogP contribution in [0.3, 0.4) is 0 Å². The molecule has 25 heavy (non-hydrogen) atoms. The molecular weight excluding hydrogens is 316 g/mol. The van der Waals surface area contributed by atoms with Gasteiger partial charge in [0.25, 0.3) is 11.5 Å². The molecule has 0 radical (unpaired) electrons. The molecule has 0 bridgehead atoms. The predicted octanol–water partition coefficient (Wildman–Crippen LogP) is 2.66. The molecule has 0 unspecified atom stereocenters. The van der Waals surface area contributed by atoms with E-state index in [-0.39, 0.29) is 5.56 Å². The number of carbonyl (C=O) groups is 1. The predicted molar refractivity (Wildman–Crippen MR) is 99.2 cm³/mol. The molecule has 6 nitrogen and oxygen atoms in total. The number of anilines is 1. The van der Waals surface area contributed by atoms with E-state index in [1.165, 1.54) is 4.68 Å². The first kappa shape index (κ1) is 16.7. The van der Waals surface area contributed by atoms with Gasteiger partial charge in [-0.2, -0.15) is 0 Å². The van der Waals surface area contributed by atoms with Crippen LogP contribution in [-0.2, 0) is 5.41 Å². The highest BCUT2D eigenvalue weighted by Gasteiger charge is 2.24. The van der Waals surface area contributed by atoms with Crippen molar-refractivity contribution in [3.05, 3.63) is 70.3 Å². The molecule has 0 saturated heterocycles. The van der Waals surface area contributed by atoms with Crippen molar-refractivity contribution < 1.29 is 4.79 Å². The number of amides is 1. The smallest absolute Gasteiger partial charge is 0.280 e. The van der Waals surface area contributed by atoms with Gasteiger partial charge < -0.3 is 5.73 Å². The van der Waals surface area contributed by atoms with E-state index in [0.717, 1.165) is 0 Å². The lowest BCUT2D eigenvalue weighted by atomic mass is 9.95. The van der Waals surface area contributed by atoms with E-state index in [0.29, 0.717) is 28.0 Å². The fraction of sp³-hybridized carbons (Fsp3) is 0.211. The quantitative estimate of drug-likeness (QED) is 0.704.